The molecule has 0 bridgehead atoms. The van der Waals surface area contributed by atoms with Crippen LogP contribution >= 0.6 is 22.6 Å². The molecule has 1 aromatic heterocycles. The Kier molecular flexibility index (Phi) is 1.95. The highest BCUT2D eigenvalue weighted by Gasteiger charge is 2.06. The lowest BCUT2D eigenvalue weighted by Crippen LogP contribution is -1.94. The topological polar surface area (TPSA) is 66.0 Å². The van der Waals surface area contributed by atoms with E-state index in [4.69, 9.17) is 5.11 Å². The van der Waals surface area contributed by atoms with Gasteiger partial charge >= 0.3 is 5.97 Å². The highest BCUT2D eigenvalue weighted by atomic mass is 127. The molecule has 0 aliphatic rings. The average molecular weight is 288 g/mol. The summed E-state index contributed by atoms with van der Waals surface area (Å²) < 4.78 is 0.921. The predicted molar refractivity (Wildman–Crippen MR) is 55.8 cm³/mol. The molecule has 5 heteroatoms. The Morgan fingerprint density at radius 2 is 2.31 bits per heavy atom. The molecule has 1 aromatic carbocycles. The van der Waals surface area contributed by atoms with E-state index in [0.29, 0.717) is 5.52 Å². The molecule has 4 nitrogen and oxygen atoms in total. The summed E-state index contributed by atoms with van der Waals surface area (Å²) in [6.07, 6.45) is 0. The summed E-state index contributed by atoms with van der Waals surface area (Å²) in [7, 11) is 0. The van der Waals surface area contributed by atoms with Crippen LogP contribution in [0.3, 0.4) is 0 Å². The number of aromatic amines is 1. The van der Waals surface area contributed by atoms with Crippen LogP contribution in [0.15, 0.2) is 18.2 Å². The predicted octanol–water partition coefficient (Wildman–Crippen LogP) is 1.87. The second-order valence-corrected chi connectivity index (χ2v) is 3.65. The van der Waals surface area contributed by atoms with E-state index in [1.54, 1.807) is 18.2 Å². The average Bonchev–Trinajstić information content (AvgIpc) is 2.47. The van der Waals surface area contributed by atoms with Crippen molar-refractivity contribution >= 4 is 39.5 Å². The standard InChI is InChI=1S/C8H5IN2O2/c9-7-5-2-1-4(8(12)13)3-6(5)10-11-7/h1-3H,(H,10,11)(H,12,13). The number of carboxylic acids is 1. The Labute approximate surface area is 87.1 Å². The normalized spacial score (nSPS) is 10.5. The van der Waals surface area contributed by atoms with Gasteiger partial charge in [-0.2, -0.15) is 5.10 Å². The number of fused-ring (bicyclic) bond motifs is 1. The molecule has 0 atom stereocenters. The fourth-order valence-electron chi connectivity index (χ4n) is 1.11. The number of aromatic carboxylic acids is 1. The van der Waals surface area contributed by atoms with Crippen molar-refractivity contribution in [2.75, 3.05) is 0 Å². The minimum atomic E-state index is -0.931. The quantitative estimate of drug-likeness (QED) is 0.787. The molecule has 0 fully saturated rings. The minimum Gasteiger partial charge on any atom is -0.478 e. The van der Waals surface area contributed by atoms with Gasteiger partial charge in [-0.25, -0.2) is 4.79 Å². The Morgan fingerprint density at radius 1 is 1.54 bits per heavy atom. The van der Waals surface area contributed by atoms with Gasteiger partial charge in [0.2, 0.25) is 0 Å². The van der Waals surface area contributed by atoms with Crippen LogP contribution in [-0.2, 0) is 0 Å². The molecule has 0 amide bonds. The van der Waals surface area contributed by atoms with Crippen molar-refractivity contribution < 1.29 is 9.90 Å². The third-order valence-corrected chi connectivity index (χ3v) is 2.58. The monoisotopic (exact) mass is 288 g/mol. The summed E-state index contributed by atoms with van der Waals surface area (Å²) >= 11 is 2.12. The largest absolute Gasteiger partial charge is 0.478 e. The molecule has 0 radical (unpaired) electrons. The summed E-state index contributed by atoms with van der Waals surface area (Å²) in [4.78, 5) is 10.6. The number of benzene rings is 1. The van der Waals surface area contributed by atoms with Gasteiger partial charge in [0.25, 0.3) is 0 Å². The molecule has 0 spiro atoms. The first-order chi connectivity index (χ1) is 6.18. The number of aromatic nitrogens is 2. The van der Waals surface area contributed by atoms with Gasteiger partial charge in [-0.05, 0) is 40.8 Å². The third-order valence-electron chi connectivity index (χ3n) is 1.76. The van der Waals surface area contributed by atoms with E-state index in [9.17, 15) is 4.79 Å². The summed E-state index contributed by atoms with van der Waals surface area (Å²) in [6, 6.07) is 4.88. The minimum absolute atomic E-state index is 0.260. The molecule has 1 heterocycles. The summed E-state index contributed by atoms with van der Waals surface area (Å²) in [6.45, 7) is 0. The van der Waals surface area contributed by atoms with E-state index in [2.05, 4.69) is 32.8 Å². The fourth-order valence-corrected chi connectivity index (χ4v) is 1.69. The van der Waals surface area contributed by atoms with E-state index in [1.165, 1.54) is 0 Å². The number of nitrogens with zero attached hydrogens (tertiary/aromatic N) is 1. The summed E-state index contributed by atoms with van der Waals surface area (Å²) in [5.74, 6) is -0.931. The number of hydrogen-bond donors (Lipinski definition) is 2. The molecule has 13 heavy (non-hydrogen) atoms. The Balaban J connectivity index is 2.70. The van der Waals surface area contributed by atoms with Crippen LogP contribution in [0.25, 0.3) is 10.9 Å². The Hall–Kier alpha value is -1.11. The maximum Gasteiger partial charge on any atom is 0.335 e. The van der Waals surface area contributed by atoms with Crippen molar-refractivity contribution in [3.05, 3.63) is 27.5 Å². The molecule has 2 N–H and O–H groups in total. The molecule has 66 valence electrons. The molecule has 0 saturated carbocycles. The van der Waals surface area contributed by atoms with Crippen LogP contribution in [0.4, 0.5) is 0 Å². The molecule has 0 aliphatic heterocycles. The molecular weight excluding hydrogens is 283 g/mol. The number of carboxylic acid groups (broad SMARTS) is 1. The van der Waals surface area contributed by atoms with Crippen molar-refractivity contribution in [1.82, 2.24) is 10.2 Å². The van der Waals surface area contributed by atoms with Gasteiger partial charge in [0.05, 0.1) is 11.1 Å². The lowest BCUT2D eigenvalue weighted by Gasteiger charge is -1.92. The number of nitrogens with one attached hydrogen (secondary N) is 1. The first-order valence-corrected chi connectivity index (χ1v) is 4.63. The van der Waals surface area contributed by atoms with E-state index >= 15 is 0 Å². The van der Waals surface area contributed by atoms with Crippen molar-refractivity contribution in [1.29, 1.82) is 0 Å². The van der Waals surface area contributed by atoms with Crippen LogP contribution in [-0.4, -0.2) is 21.3 Å². The van der Waals surface area contributed by atoms with E-state index in [0.717, 1.165) is 9.09 Å². The maximum atomic E-state index is 10.6. The summed E-state index contributed by atoms with van der Waals surface area (Å²) in [5, 5.41) is 16.4. The molecule has 0 saturated heterocycles. The molecule has 0 aliphatic carbocycles. The van der Waals surface area contributed by atoms with Crippen LogP contribution < -0.4 is 0 Å². The smallest absolute Gasteiger partial charge is 0.335 e. The van der Waals surface area contributed by atoms with Crippen LogP contribution in [0.5, 0.6) is 0 Å². The molecule has 0 unspecified atom stereocenters. The van der Waals surface area contributed by atoms with E-state index in [1.807, 2.05) is 0 Å². The number of hydrogen-bond acceptors (Lipinski definition) is 2. The van der Waals surface area contributed by atoms with Gasteiger partial charge in [-0.1, -0.05) is 0 Å². The highest BCUT2D eigenvalue weighted by Crippen LogP contribution is 2.18. The van der Waals surface area contributed by atoms with Crippen molar-refractivity contribution in [3.8, 4) is 0 Å². The van der Waals surface area contributed by atoms with Gasteiger partial charge in [0.15, 0.2) is 0 Å². The third kappa shape index (κ3) is 1.39. The zero-order chi connectivity index (χ0) is 9.42. The van der Waals surface area contributed by atoms with Crippen LogP contribution in [0, 0.1) is 3.70 Å². The second-order valence-electron chi connectivity index (χ2n) is 2.57. The number of H-pyrrole nitrogens is 1. The molecule has 2 rings (SSSR count). The zero-order valence-corrected chi connectivity index (χ0v) is 8.57. The molecule has 2 aromatic rings. The van der Waals surface area contributed by atoms with Gasteiger partial charge in [0, 0.05) is 5.39 Å². The second kappa shape index (κ2) is 2.99. The van der Waals surface area contributed by atoms with Crippen LogP contribution in [0.2, 0.25) is 0 Å². The van der Waals surface area contributed by atoms with Gasteiger partial charge in [-0.15, -0.1) is 0 Å². The Morgan fingerprint density at radius 3 is 3.00 bits per heavy atom. The zero-order valence-electron chi connectivity index (χ0n) is 6.41. The fraction of sp³-hybridized carbons (Fsp3) is 0. The lowest BCUT2D eigenvalue weighted by molar-refractivity contribution is 0.0697. The SMILES string of the molecule is O=C(O)c1ccc2c(I)[nH]nc2c1. The van der Waals surface area contributed by atoms with Gasteiger partial charge in [-0.3, -0.25) is 5.10 Å². The number of rotatable bonds is 1. The van der Waals surface area contributed by atoms with Crippen LogP contribution in [0.1, 0.15) is 10.4 Å². The number of carbonyl (C=O) groups is 1. The van der Waals surface area contributed by atoms with Crippen molar-refractivity contribution in [2.24, 2.45) is 0 Å². The molecular formula is C8H5IN2O2. The first kappa shape index (κ1) is 8.49. The van der Waals surface area contributed by atoms with E-state index < -0.39 is 5.97 Å². The van der Waals surface area contributed by atoms with Gasteiger partial charge < -0.3 is 5.11 Å². The first-order valence-electron chi connectivity index (χ1n) is 3.55. The van der Waals surface area contributed by atoms with Crippen molar-refractivity contribution in [2.45, 2.75) is 0 Å². The lowest BCUT2D eigenvalue weighted by atomic mass is 10.2. The highest BCUT2D eigenvalue weighted by molar-refractivity contribution is 14.1. The number of halogens is 1. The maximum absolute atomic E-state index is 10.6. The van der Waals surface area contributed by atoms with E-state index in [-0.39, 0.29) is 5.56 Å². The Bertz CT molecular complexity index is 478. The summed E-state index contributed by atoms with van der Waals surface area (Å²) in [5.41, 5.74) is 0.944. The van der Waals surface area contributed by atoms with Crippen molar-refractivity contribution in [3.63, 3.8) is 0 Å². The van der Waals surface area contributed by atoms with Gasteiger partial charge in [0.1, 0.15) is 3.70 Å².